The molecular weight excluding hydrogens is 346 g/mol. The molecule has 0 aliphatic rings. The lowest BCUT2D eigenvalue weighted by Gasteiger charge is -2.13. The van der Waals surface area contributed by atoms with E-state index in [4.69, 9.17) is 9.15 Å². The molecule has 2 heterocycles. The van der Waals surface area contributed by atoms with Gasteiger partial charge in [-0.05, 0) is 45.9 Å². The molecule has 0 radical (unpaired) electrons. The van der Waals surface area contributed by atoms with Crippen molar-refractivity contribution in [3.8, 4) is 5.75 Å². The molecule has 2 aromatic heterocycles. The Labute approximate surface area is 157 Å². The molecule has 6 nitrogen and oxygen atoms in total. The molecule has 3 rings (SSSR count). The molecule has 0 saturated carbocycles. The molecule has 3 aromatic rings. The highest BCUT2D eigenvalue weighted by Crippen LogP contribution is 2.25. The van der Waals surface area contributed by atoms with E-state index in [1.165, 1.54) is 18.4 Å². The fraction of sp³-hybridized carbons (Fsp3) is 0.333. The van der Waals surface area contributed by atoms with Gasteiger partial charge in [-0.2, -0.15) is 0 Å². The predicted octanol–water partition coefficient (Wildman–Crippen LogP) is 4.11. The maximum absolute atomic E-state index is 12.5. The van der Waals surface area contributed by atoms with Gasteiger partial charge in [0.25, 0.3) is 0 Å². The smallest absolute Gasteiger partial charge is 0.310 e. The fourth-order valence-electron chi connectivity index (χ4n) is 3.49. The van der Waals surface area contributed by atoms with Gasteiger partial charge in [0, 0.05) is 40.0 Å². The van der Waals surface area contributed by atoms with Crippen LogP contribution in [0.15, 0.2) is 34.9 Å². The molecule has 0 amide bonds. The number of nitrogens with zero attached hydrogens (tertiary/aromatic N) is 1. The predicted molar refractivity (Wildman–Crippen MR) is 101 cm³/mol. The van der Waals surface area contributed by atoms with Crippen molar-refractivity contribution in [2.45, 2.75) is 40.2 Å². The van der Waals surface area contributed by atoms with Gasteiger partial charge in [-0.1, -0.05) is 0 Å². The van der Waals surface area contributed by atoms with Crippen LogP contribution in [0.1, 0.15) is 47.2 Å². The summed E-state index contributed by atoms with van der Waals surface area (Å²) < 4.78 is 12.6. The third-order valence-electron chi connectivity index (χ3n) is 4.64. The van der Waals surface area contributed by atoms with Crippen LogP contribution in [-0.2, 0) is 16.0 Å². The number of esters is 1. The average Bonchev–Trinajstić information content (AvgIpc) is 3.12. The lowest BCUT2D eigenvalue weighted by Crippen LogP contribution is -2.16. The number of Topliss-reactive ketones (excluding diaryl/α,β-unsaturated/α-hetero) is 1. The van der Waals surface area contributed by atoms with Crippen molar-refractivity contribution in [2.24, 2.45) is 0 Å². The highest BCUT2D eigenvalue weighted by Gasteiger charge is 2.19. The highest BCUT2D eigenvalue weighted by molar-refractivity contribution is 5.99. The zero-order chi connectivity index (χ0) is 19.7. The highest BCUT2D eigenvalue weighted by atomic mass is 16.5. The van der Waals surface area contributed by atoms with E-state index in [0.717, 1.165) is 16.8 Å². The number of carbonyl (C=O) groups excluding carboxylic acids is 2. The van der Waals surface area contributed by atoms with Crippen LogP contribution in [0, 0.1) is 13.8 Å². The number of ether oxygens (including phenoxy) is 1. The van der Waals surface area contributed by atoms with Gasteiger partial charge in [-0.25, -0.2) is 0 Å². The van der Waals surface area contributed by atoms with Gasteiger partial charge < -0.3 is 18.8 Å². The van der Waals surface area contributed by atoms with Gasteiger partial charge in [0.1, 0.15) is 11.3 Å². The van der Waals surface area contributed by atoms with Crippen molar-refractivity contribution in [1.82, 2.24) is 4.57 Å². The maximum atomic E-state index is 12.5. The van der Waals surface area contributed by atoms with Gasteiger partial charge in [-0.15, -0.1) is 0 Å². The summed E-state index contributed by atoms with van der Waals surface area (Å²) >= 11 is 0. The quantitative estimate of drug-likeness (QED) is 0.522. The molecule has 1 N–H and O–H groups in total. The summed E-state index contributed by atoms with van der Waals surface area (Å²) in [5, 5.41) is 10.2. The molecule has 6 heteroatoms. The number of benzene rings is 1. The number of aryl methyl sites for hydroxylation is 1. The Morgan fingerprint density at radius 3 is 2.63 bits per heavy atom. The van der Waals surface area contributed by atoms with Gasteiger partial charge >= 0.3 is 5.97 Å². The summed E-state index contributed by atoms with van der Waals surface area (Å²) in [6, 6.07) is 6.78. The first-order chi connectivity index (χ1) is 12.8. The maximum Gasteiger partial charge on any atom is 0.310 e. The summed E-state index contributed by atoms with van der Waals surface area (Å²) in [5.74, 6) is -0.627. The molecule has 27 heavy (non-hydrogen) atoms. The first kappa shape index (κ1) is 18.8. The number of hydrogen-bond donors (Lipinski definition) is 1. The largest absolute Gasteiger partial charge is 0.508 e. The molecule has 0 spiro atoms. The standard InChI is InChI=1S/C21H23NO5/c1-12(2)22-13(3)7-18(14(22)4)19(24)11-27-21(25)8-15-10-26-20-9-16(23)5-6-17(15)20/h5-7,9-10,12,23H,8,11H2,1-4H3. The molecule has 1 aromatic carbocycles. The molecule has 0 aliphatic heterocycles. The van der Waals surface area contributed by atoms with Gasteiger partial charge in [0.05, 0.1) is 12.7 Å². The van der Waals surface area contributed by atoms with Crippen molar-refractivity contribution in [1.29, 1.82) is 0 Å². The Morgan fingerprint density at radius 1 is 1.22 bits per heavy atom. The van der Waals surface area contributed by atoms with E-state index >= 15 is 0 Å². The fourth-order valence-corrected chi connectivity index (χ4v) is 3.49. The Morgan fingerprint density at radius 2 is 1.96 bits per heavy atom. The molecule has 0 bridgehead atoms. The van der Waals surface area contributed by atoms with Crippen LogP contribution >= 0.6 is 0 Å². The number of aromatic hydroxyl groups is 1. The van der Waals surface area contributed by atoms with Crippen LogP contribution in [0.4, 0.5) is 0 Å². The minimum atomic E-state index is -0.503. The second-order valence-corrected chi connectivity index (χ2v) is 6.95. The van der Waals surface area contributed by atoms with Crippen LogP contribution in [0.2, 0.25) is 0 Å². The Bertz CT molecular complexity index is 1010. The summed E-state index contributed by atoms with van der Waals surface area (Å²) in [4.78, 5) is 24.6. The molecule has 142 valence electrons. The number of phenols is 1. The number of ketones is 1. The van der Waals surface area contributed by atoms with Crippen molar-refractivity contribution >= 4 is 22.7 Å². The Balaban J connectivity index is 1.65. The molecule has 0 aliphatic carbocycles. The van der Waals surface area contributed by atoms with Crippen molar-refractivity contribution in [3.05, 3.63) is 53.0 Å². The van der Waals surface area contributed by atoms with Crippen LogP contribution < -0.4 is 0 Å². The van der Waals surface area contributed by atoms with E-state index < -0.39 is 5.97 Å². The number of furan rings is 1. The van der Waals surface area contributed by atoms with E-state index in [1.807, 2.05) is 19.9 Å². The van der Waals surface area contributed by atoms with Crippen LogP contribution in [0.25, 0.3) is 11.0 Å². The second kappa shape index (κ2) is 7.31. The Hall–Kier alpha value is -3.02. The number of carbonyl (C=O) groups is 2. The lowest BCUT2D eigenvalue weighted by molar-refractivity contribution is -0.141. The SMILES string of the molecule is Cc1cc(C(=O)COC(=O)Cc2coc3cc(O)ccc23)c(C)n1C(C)C. The number of phenolic OH excluding ortho intramolecular Hbond substituents is 1. The van der Waals surface area contributed by atoms with Gasteiger partial charge in [-0.3, -0.25) is 9.59 Å². The van der Waals surface area contributed by atoms with E-state index in [9.17, 15) is 14.7 Å². The van der Waals surface area contributed by atoms with E-state index in [0.29, 0.717) is 16.7 Å². The normalized spacial score (nSPS) is 11.3. The summed E-state index contributed by atoms with van der Waals surface area (Å²) in [5.41, 5.74) is 3.61. The Kier molecular flexibility index (Phi) is 5.08. The summed E-state index contributed by atoms with van der Waals surface area (Å²) in [7, 11) is 0. The molecule has 0 unspecified atom stereocenters. The van der Waals surface area contributed by atoms with Crippen molar-refractivity contribution in [2.75, 3.05) is 6.61 Å². The van der Waals surface area contributed by atoms with Crippen molar-refractivity contribution < 1.29 is 23.8 Å². The minimum Gasteiger partial charge on any atom is -0.508 e. The molecule has 0 atom stereocenters. The first-order valence-corrected chi connectivity index (χ1v) is 8.84. The number of rotatable bonds is 6. The number of fused-ring (bicyclic) bond motifs is 1. The molecular formula is C21H23NO5. The third-order valence-corrected chi connectivity index (χ3v) is 4.64. The van der Waals surface area contributed by atoms with Gasteiger partial charge in [0.15, 0.2) is 6.61 Å². The molecule has 0 saturated heterocycles. The molecule has 0 fully saturated rings. The van der Waals surface area contributed by atoms with E-state index in [1.54, 1.807) is 6.07 Å². The van der Waals surface area contributed by atoms with Crippen LogP contribution in [-0.4, -0.2) is 28.0 Å². The second-order valence-electron chi connectivity index (χ2n) is 6.95. The monoisotopic (exact) mass is 369 g/mol. The zero-order valence-corrected chi connectivity index (χ0v) is 15.9. The van der Waals surface area contributed by atoms with E-state index in [-0.39, 0.29) is 30.6 Å². The van der Waals surface area contributed by atoms with Crippen LogP contribution in [0.5, 0.6) is 5.75 Å². The summed E-state index contributed by atoms with van der Waals surface area (Å²) in [6.45, 7) is 7.68. The van der Waals surface area contributed by atoms with Crippen molar-refractivity contribution in [3.63, 3.8) is 0 Å². The van der Waals surface area contributed by atoms with Crippen LogP contribution in [0.3, 0.4) is 0 Å². The minimum absolute atomic E-state index is 0.00390. The third kappa shape index (κ3) is 3.74. The summed E-state index contributed by atoms with van der Waals surface area (Å²) in [6.07, 6.45) is 1.46. The number of aromatic nitrogens is 1. The zero-order valence-electron chi connectivity index (χ0n) is 15.9. The van der Waals surface area contributed by atoms with Gasteiger partial charge in [0.2, 0.25) is 5.78 Å². The first-order valence-electron chi connectivity index (χ1n) is 8.84. The van der Waals surface area contributed by atoms with E-state index in [2.05, 4.69) is 18.4 Å². The number of hydrogen-bond acceptors (Lipinski definition) is 5. The topological polar surface area (TPSA) is 81.7 Å². The average molecular weight is 369 g/mol. The lowest BCUT2D eigenvalue weighted by atomic mass is 10.1.